The van der Waals surface area contributed by atoms with Crippen molar-refractivity contribution in [2.75, 3.05) is 30.7 Å². The van der Waals surface area contributed by atoms with Gasteiger partial charge in [-0.05, 0) is 62.4 Å². The molecule has 0 aromatic heterocycles. The molecule has 2 amide bonds. The molecule has 180 valence electrons. The Morgan fingerprint density at radius 1 is 1.00 bits per heavy atom. The number of hydrogen-bond donors (Lipinski definition) is 1. The number of hydrogen-bond acceptors (Lipinski definition) is 4. The van der Waals surface area contributed by atoms with Crippen LogP contribution in [0.15, 0.2) is 48.5 Å². The van der Waals surface area contributed by atoms with Crippen LogP contribution in [0.5, 0.6) is 0 Å². The van der Waals surface area contributed by atoms with Crippen molar-refractivity contribution < 1.29 is 18.0 Å². The van der Waals surface area contributed by atoms with Crippen LogP contribution in [0.1, 0.15) is 36.5 Å². The number of anilines is 1. The van der Waals surface area contributed by atoms with Gasteiger partial charge in [0.2, 0.25) is 21.8 Å². The predicted molar refractivity (Wildman–Crippen MR) is 133 cm³/mol. The number of amides is 2. The Labute approximate surface area is 197 Å². The number of rotatable bonds is 11. The van der Waals surface area contributed by atoms with Crippen molar-refractivity contribution >= 4 is 27.5 Å². The van der Waals surface area contributed by atoms with Crippen LogP contribution >= 0.6 is 0 Å². The second-order valence-electron chi connectivity index (χ2n) is 8.40. The molecule has 0 spiro atoms. The van der Waals surface area contributed by atoms with E-state index in [0.29, 0.717) is 25.1 Å². The quantitative estimate of drug-likeness (QED) is 0.543. The Kier molecular flexibility index (Phi) is 9.46. The largest absolute Gasteiger partial charge is 0.357 e. The molecule has 0 heterocycles. The monoisotopic (exact) mass is 473 g/mol. The smallest absolute Gasteiger partial charge is 0.242 e. The Morgan fingerprint density at radius 2 is 1.61 bits per heavy atom. The van der Waals surface area contributed by atoms with E-state index >= 15 is 0 Å². The number of nitrogens with zero attached hydrogens (tertiary/aromatic N) is 2. The summed E-state index contributed by atoms with van der Waals surface area (Å²) >= 11 is 0. The highest BCUT2D eigenvalue weighted by Crippen LogP contribution is 2.22. The van der Waals surface area contributed by atoms with Crippen LogP contribution in [0.25, 0.3) is 0 Å². The molecule has 0 aliphatic heterocycles. The van der Waals surface area contributed by atoms with Gasteiger partial charge < -0.3 is 10.2 Å². The zero-order chi connectivity index (χ0) is 24.6. The van der Waals surface area contributed by atoms with Crippen LogP contribution in [0.4, 0.5) is 5.69 Å². The first-order chi connectivity index (χ1) is 15.5. The number of carbonyl (C=O) groups is 2. The minimum absolute atomic E-state index is 0.146. The van der Waals surface area contributed by atoms with E-state index in [4.69, 9.17) is 0 Å². The highest BCUT2D eigenvalue weighted by molar-refractivity contribution is 7.92. The average Bonchev–Trinajstić information content (AvgIpc) is 2.75. The molecule has 0 fully saturated rings. The SMILES string of the molecule is CNC(=O)[C@H](C)N(CCc1ccccc1)C(=O)CCCN(c1cc(C)cc(C)c1)S(C)(=O)=O. The number of likely N-dealkylation sites (N-methyl/N-ethyl adjacent to an activating group) is 1. The molecule has 0 aliphatic rings. The fourth-order valence-electron chi connectivity index (χ4n) is 3.88. The van der Waals surface area contributed by atoms with Crippen molar-refractivity contribution in [1.29, 1.82) is 0 Å². The second-order valence-corrected chi connectivity index (χ2v) is 10.3. The molecule has 0 unspecified atom stereocenters. The van der Waals surface area contributed by atoms with Crippen molar-refractivity contribution in [1.82, 2.24) is 10.2 Å². The molecule has 0 aliphatic carbocycles. The third kappa shape index (κ3) is 7.89. The van der Waals surface area contributed by atoms with E-state index in [2.05, 4.69) is 5.32 Å². The van der Waals surface area contributed by atoms with E-state index in [-0.39, 0.29) is 24.8 Å². The van der Waals surface area contributed by atoms with Crippen LogP contribution in [-0.4, -0.2) is 57.6 Å². The molecule has 1 atom stereocenters. The van der Waals surface area contributed by atoms with Crippen molar-refractivity contribution in [3.63, 3.8) is 0 Å². The first-order valence-electron chi connectivity index (χ1n) is 11.1. The lowest BCUT2D eigenvalue weighted by molar-refractivity contribution is -0.139. The summed E-state index contributed by atoms with van der Waals surface area (Å²) < 4.78 is 26.2. The third-order valence-corrected chi connectivity index (χ3v) is 6.74. The molecule has 33 heavy (non-hydrogen) atoms. The van der Waals surface area contributed by atoms with Crippen LogP contribution in [0, 0.1) is 13.8 Å². The molecular weight excluding hydrogens is 438 g/mol. The number of aryl methyl sites for hydroxylation is 2. The topological polar surface area (TPSA) is 86.8 Å². The van der Waals surface area contributed by atoms with Gasteiger partial charge in [-0.25, -0.2) is 8.42 Å². The van der Waals surface area contributed by atoms with Gasteiger partial charge in [0.1, 0.15) is 6.04 Å². The number of sulfonamides is 1. The van der Waals surface area contributed by atoms with Crippen molar-refractivity contribution in [2.24, 2.45) is 0 Å². The Bertz CT molecular complexity index is 1030. The summed E-state index contributed by atoms with van der Waals surface area (Å²) in [5.41, 5.74) is 3.63. The van der Waals surface area contributed by atoms with E-state index in [0.717, 1.165) is 16.7 Å². The van der Waals surface area contributed by atoms with Crippen molar-refractivity contribution in [2.45, 2.75) is 46.1 Å². The molecular formula is C25H35N3O4S. The molecule has 0 radical (unpaired) electrons. The Morgan fingerprint density at radius 3 is 2.15 bits per heavy atom. The highest BCUT2D eigenvalue weighted by Gasteiger charge is 2.25. The minimum atomic E-state index is -3.51. The summed E-state index contributed by atoms with van der Waals surface area (Å²) in [4.78, 5) is 26.9. The van der Waals surface area contributed by atoms with Gasteiger partial charge >= 0.3 is 0 Å². The Hall–Kier alpha value is -2.87. The van der Waals surface area contributed by atoms with Crippen LogP contribution in [0.2, 0.25) is 0 Å². The lowest BCUT2D eigenvalue weighted by Crippen LogP contribution is -2.48. The fraction of sp³-hybridized carbons (Fsp3) is 0.440. The molecule has 0 saturated heterocycles. The van der Waals surface area contributed by atoms with E-state index in [1.54, 1.807) is 18.9 Å². The summed E-state index contributed by atoms with van der Waals surface area (Å²) in [6.45, 7) is 6.15. The molecule has 2 aromatic rings. The van der Waals surface area contributed by atoms with Crippen molar-refractivity contribution in [3.8, 4) is 0 Å². The molecule has 0 bridgehead atoms. The first-order valence-corrected chi connectivity index (χ1v) is 13.0. The lowest BCUT2D eigenvalue weighted by atomic mass is 10.1. The molecule has 7 nitrogen and oxygen atoms in total. The normalized spacial score (nSPS) is 12.2. The van der Waals surface area contributed by atoms with Crippen LogP contribution < -0.4 is 9.62 Å². The lowest BCUT2D eigenvalue weighted by Gasteiger charge is -2.29. The highest BCUT2D eigenvalue weighted by atomic mass is 32.2. The van der Waals surface area contributed by atoms with Gasteiger partial charge in [-0.2, -0.15) is 0 Å². The van der Waals surface area contributed by atoms with Crippen LogP contribution in [-0.2, 0) is 26.0 Å². The molecule has 2 aromatic carbocycles. The molecule has 1 N–H and O–H groups in total. The fourth-order valence-corrected chi connectivity index (χ4v) is 4.83. The molecule has 8 heteroatoms. The van der Waals surface area contributed by atoms with Gasteiger partial charge in [0.25, 0.3) is 0 Å². The maximum Gasteiger partial charge on any atom is 0.242 e. The number of carbonyl (C=O) groups excluding carboxylic acids is 2. The molecule has 0 saturated carbocycles. The van der Waals surface area contributed by atoms with Crippen LogP contribution in [0.3, 0.4) is 0 Å². The van der Waals surface area contributed by atoms with Crippen molar-refractivity contribution in [3.05, 3.63) is 65.2 Å². The summed E-state index contributed by atoms with van der Waals surface area (Å²) in [5.74, 6) is -0.402. The van der Waals surface area contributed by atoms with E-state index in [9.17, 15) is 18.0 Å². The average molecular weight is 474 g/mol. The number of benzene rings is 2. The minimum Gasteiger partial charge on any atom is -0.357 e. The number of nitrogens with one attached hydrogen (secondary N) is 1. The van der Waals surface area contributed by atoms with E-state index in [1.807, 2.05) is 62.4 Å². The van der Waals surface area contributed by atoms with Gasteiger partial charge in [-0.15, -0.1) is 0 Å². The zero-order valence-electron chi connectivity index (χ0n) is 20.2. The van der Waals surface area contributed by atoms with E-state index in [1.165, 1.54) is 10.6 Å². The standard InChI is InChI=1S/C25H35N3O4S/c1-19-16-20(2)18-23(17-19)28(33(5,31)32)14-9-12-24(29)27(21(3)25(30)26-4)15-13-22-10-7-6-8-11-22/h6-8,10-11,16-18,21H,9,12-15H2,1-5H3,(H,26,30)/t21-/m0/s1. The predicted octanol–water partition coefficient (Wildman–Crippen LogP) is 3.06. The maximum absolute atomic E-state index is 13.1. The van der Waals surface area contributed by atoms with Gasteiger partial charge in [0, 0.05) is 26.6 Å². The van der Waals surface area contributed by atoms with E-state index < -0.39 is 16.1 Å². The first kappa shape index (κ1) is 26.4. The van der Waals surface area contributed by atoms with Gasteiger partial charge in [-0.1, -0.05) is 36.4 Å². The van der Waals surface area contributed by atoms with Gasteiger partial charge in [0.15, 0.2) is 0 Å². The Balaban J connectivity index is 2.10. The van der Waals surface area contributed by atoms with Gasteiger partial charge in [0.05, 0.1) is 11.9 Å². The summed E-state index contributed by atoms with van der Waals surface area (Å²) in [7, 11) is -1.96. The second kappa shape index (κ2) is 11.8. The maximum atomic E-state index is 13.1. The summed E-state index contributed by atoms with van der Waals surface area (Å²) in [6.07, 6.45) is 2.30. The summed E-state index contributed by atoms with van der Waals surface area (Å²) in [5, 5.41) is 2.60. The van der Waals surface area contributed by atoms with Gasteiger partial charge in [-0.3, -0.25) is 13.9 Å². The third-order valence-electron chi connectivity index (χ3n) is 5.54. The summed E-state index contributed by atoms with van der Waals surface area (Å²) in [6, 6.07) is 14.8. The molecule has 2 rings (SSSR count). The zero-order valence-corrected chi connectivity index (χ0v) is 21.0.